The molecule has 0 radical (unpaired) electrons. The fraction of sp³-hybridized carbons (Fsp3) is 0.500. The van der Waals surface area contributed by atoms with Crippen molar-refractivity contribution >= 4 is 0 Å². The third-order valence-corrected chi connectivity index (χ3v) is 3.97. The van der Waals surface area contributed by atoms with Gasteiger partial charge in [-0.15, -0.1) is 10.2 Å². The predicted octanol–water partition coefficient (Wildman–Crippen LogP) is 1.48. The van der Waals surface area contributed by atoms with Crippen LogP contribution < -0.4 is 0 Å². The minimum absolute atomic E-state index is 0.325. The zero-order valence-electron chi connectivity index (χ0n) is 8.86. The van der Waals surface area contributed by atoms with Gasteiger partial charge in [0.05, 0.1) is 12.1 Å². The first-order valence-corrected chi connectivity index (χ1v) is 5.78. The van der Waals surface area contributed by atoms with Crippen LogP contribution >= 0.6 is 0 Å². The lowest BCUT2D eigenvalue weighted by Gasteiger charge is -2.30. The zero-order valence-corrected chi connectivity index (χ0v) is 8.86. The fourth-order valence-corrected chi connectivity index (χ4v) is 3.26. The lowest BCUT2D eigenvalue weighted by Crippen LogP contribution is -2.31. The van der Waals surface area contributed by atoms with Gasteiger partial charge < -0.3 is 9.30 Å². The second-order valence-electron chi connectivity index (χ2n) is 4.74. The number of fused-ring (bicyclic) bond motifs is 5. The summed E-state index contributed by atoms with van der Waals surface area (Å²) in [4.78, 5) is 0. The van der Waals surface area contributed by atoms with Gasteiger partial charge in [0.15, 0.2) is 5.82 Å². The van der Waals surface area contributed by atoms with Gasteiger partial charge in [-0.3, -0.25) is 0 Å². The maximum atomic E-state index is 5.89. The molecule has 2 unspecified atom stereocenters. The molecule has 1 fully saturated rings. The molecule has 4 heteroatoms. The molecule has 16 heavy (non-hydrogen) atoms. The summed E-state index contributed by atoms with van der Waals surface area (Å²) >= 11 is 0. The highest BCUT2D eigenvalue weighted by Gasteiger charge is 2.46. The minimum atomic E-state index is 0.325. The van der Waals surface area contributed by atoms with E-state index in [1.807, 2.05) is 6.33 Å². The van der Waals surface area contributed by atoms with Gasteiger partial charge in [-0.1, -0.05) is 24.3 Å². The SMILES string of the molecule is C1=CC2C[C@@H]3OCc4nncn4[C@@H]3C2C=C1. The third-order valence-electron chi connectivity index (χ3n) is 3.97. The van der Waals surface area contributed by atoms with Gasteiger partial charge in [-0.25, -0.2) is 0 Å². The van der Waals surface area contributed by atoms with Gasteiger partial charge in [0.2, 0.25) is 0 Å². The maximum Gasteiger partial charge on any atom is 0.159 e. The highest BCUT2D eigenvalue weighted by molar-refractivity contribution is 5.21. The largest absolute Gasteiger partial charge is 0.368 e. The molecule has 1 aliphatic heterocycles. The second kappa shape index (κ2) is 3.04. The first-order valence-electron chi connectivity index (χ1n) is 5.78. The number of aromatic nitrogens is 3. The van der Waals surface area contributed by atoms with Crippen LogP contribution in [0.1, 0.15) is 18.3 Å². The van der Waals surface area contributed by atoms with Crippen LogP contribution in [-0.4, -0.2) is 20.9 Å². The van der Waals surface area contributed by atoms with E-state index < -0.39 is 0 Å². The average Bonchev–Trinajstić information content (AvgIpc) is 2.91. The molecule has 0 saturated heterocycles. The average molecular weight is 215 g/mol. The number of nitrogens with zero attached hydrogens (tertiary/aromatic N) is 3. The summed E-state index contributed by atoms with van der Waals surface area (Å²) < 4.78 is 8.10. The van der Waals surface area contributed by atoms with E-state index in [-0.39, 0.29) is 0 Å². The molecule has 2 aliphatic carbocycles. The topological polar surface area (TPSA) is 39.9 Å². The molecule has 0 amide bonds. The van der Waals surface area contributed by atoms with E-state index in [9.17, 15) is 0 Å². The van der Waals surface area contributed by atoms with Gasteiger partial charge in [-0.2, -0.15) is 0 Å². The van der Waals surface area contributed by atoms with Crippen molar-refractivity contribution in [1.29, 1.82) is 0 Å². The summed E-state index contributed by atoms with van der Waals surface area (Å²) in [5.74, 6) is 2.13. The van der Waals surface area contributed by atoms with Crippen molar-refractivity contribution in [2.45, 2.75) is 25.2 Å². The molecule has 4 nitrogen and oxygen atoms in total. The Morgan fingerprint density at radius 1 is 1.31 bits per heavy atom. The van der Waals surface area contributed by atoms with Crippen LogP contribution in [-0.2, 0) is 11.3 Å². The number of ether oxygens (including phenoxy) is 1. The molecule has 4 atom stereocenters. The summed E-state index contributed by atoms with van der Waals surface area (Å²) in [5, 5.41) is 8.09. The van der Waals surface area contributed by atoms with E-state index >= 15 is 0 Å². The molecular formula is C12H13N3O. The van der Waals surface area contributed by atoms with E-state index in [0.717, 1.165) is 12.2 Å². The Morgan fingerprint density at radius 3 is 3.25 bits per heavy atom. The molecular weight excluding hydrogens is 202 g/mol. The molecule has 82 valence electrons. The fourth-order valence-electron chi connectivity index (χ4n) is 3.26. The summed E-state index contributed by atoms with van der Waals surface area (Å²) in [5.41, 5.74) is 0. The van der Waals surface area contributed by atoms with Crippen molar-refractivity contribution in [2.75, 3.05) is 0 Å². The molecule has 0 N–H and O–H groups in total. The molecule has 3 aliphatic rings. The highest BCUT2D eigenvalue weighted by Crippen LogP contribution is 2.47. The van der Waals surface area contributed by atoms with Crippen LogP contribution in [0.5, 0.6) is 0 Å². The smallest absolute Gasteiger partial charge is 0.159 e. The molecule has 0 bridgehead atoms. The van der Waals surface area contributed by atoms with Crippen molar-refractivity contribution < 1.29 is 4.74 Å². The Kier molecular flexibility index (Phi) is 1.65. The van der Waals surface area contributed by atoms with Crippen molar-refractivity contribution in [2.24, 2.45) is 11.8 Å². The normalized spacial score (nSPS) is 39.2. The van der Waals surface area contributed by atoms with Crippen LogP contribution in [0.25, 0.3) is 0 Å². The zero-order chi connectivity index (χ0) is 10.5. The van der Waals surface area contributed by atoms with E-state index in [2.05, 4.69) is 39.1 Å². The highest BCUT2D eigenvalue weighted by atomic mass is 16.5. The van der Waals surface area contributed by atoms with Crippen molar-refractivity contribution in [1.82, 2.24) is 14.8 Å². The molecule has 4 rings (SSSR count). The molecule has 1 aromatic heterocycles. The van der Waals surface area contributed by atoms with Crippen molar-refractivity contribution in [3.8, 4) is 0 Å². The second-order valence-corrected chi connectivity index (χ2v) is 4.74. The molecule has 1 aromatic rings. The number of hydrogen-bond acceptors (Lipinski definition) is 3. The van der Waals surface area contributed by atoms with E-state index in [0.29, 0.717) is 30.6 Å². The van der Waals surface area contributed by atoms with Gasteiger partial charge in [-0.05, 0) is 12.3 Å². The van der Waals surface area contributed by atoms with Gasteiger partial charge >= 0.3 is 0 Å². The summed E-state index contributed by atoms with van der Waals surface area (Å²) in [7, 11) is 0. The molecule has 1 saturated carbocycles. The summed E-state index contributed by atoms with van der Waals surface area (Å²) in [6.45, 7) is 0.605. The summed E-state index contributed by atoms with van der Waals surface area (Å²) in [6, 6.07) is 0.393. The Bertz CT molecular complexity index is 476. The van der Waals surface area contributed by atoms with Crippen molar-refractivity contribution in [3.05, 3.63) is 36.5 Å². The Hall–Kier alpha value is -1.42. The standard InChI is InChI=1S/C12H13N3O/c1-2-4-9-8(3-1)5-10-12(9)15-7-13-14-11(15)6-16-10/h1-4,7-10,12H,5-6H2/t8?,9?,10-,12+/m0/s1. The van der Waals surface area contributed by atoms with Crippen LogP contribution in [0.3, 0.4) is 0 Å². The van der Waals surface area contributed by atoms with Gasteiger partial charge in [0.25, 0.3) is 0 Å². The third kappa shape index (κ3) is 1.02. The quantitative estimate of drug-likeness (QED) is 0.658. The van der Waals surface area contributed by atoms with Crippen LogP contribution in [0.4, 0.5) is 0 Å². The number of hydrogen-bond donors (Lipinski definition) is 0. The Morgan fingerprint density at radius 2 is 2.25 bits per heavy atom. The number of allylic oxidation sites excluding steroid dienone is 4. The van der Waals surface area contributed by atoms with Crippen molar-refractivity contribution in [3.63, 3.8) is 0 Å². The van der Waals surface area contributed by atoms with Crippen LogP contribution in [0, 0.1) is 11.8 Å². The van der Waals surface area contributed by atoms with Crippen LogP contribution in [0.2, 0.25) is 0 Å². The van der Waals surface area contributed by atoms with Crippen LogP contribution in [0.15, 0.2) is 30.6 Å². The van der Waals surface area contributed by atoms with E-state index in [1.54, 1.807) is 0 Å². The molecule has 0 spiro atoms. The Labute approximate surface area is 93.6 Å². The predicted molar refractivity (Wildman–Crippen MR) is 57.5 cm³/mol. The molecule has 2 heterocycles. The Balaban J connectivity index is 1.80. The van der Waals surface area contributed by atoms with Gasteiger partial charge in [0.1, 0.15) is 12.9 Å². The van der Waals surface area contributed by atoms with E-state index in [1.165, 1.54) is 0 Å². The number of rotatable bonds is 0. The summed E-state index contributed by atoms with van der Waals surface area (Å²) in [6.07, 6.45) is 12.2. The molecule has 0 aromatic carbocycles. The van der Waals surface area contributed by atoms with E-state index in [4.69, 9.17) is 4.74 Å². The monoisotopic (exact) mass is 215 g/mol. The first kappa shape index (κ1) is 8.70. The lowest BCUT2D eigenvalue weighted by molar-refractivity contribution is -0.0145. The maximum absolute atomic E-state index is 5.89. The lowest BCUT2D eigenvalue weighted by atomic mass is 9.89. The minimum Gasteiger partial charge on any atom is -0.368 e. The van der Waals surface area contributed by atoms with Gasteiger partial charge in [0, 0.05) is 5.92 Å². The first-order chi connectivity index (χ1) is 7.93.